The lowest BCUT2D eigenvalue weighted by Crippen LogP contribution is -2.60. The van der Waals surface area contributed by atoms with E-state index in [4.69, 9.17) is 60.6 Å². The number of amides is 2. The molecule has 0 fully saturated rings. The number of halogens is 4. The van der Waals surface area contributed by atoms with Crippen LogP contribution in [0.5, 0.6) is 0 Å². The molecule has 0 aliphatic heterocycles. The molecule has 0 aromatic heterocycles. The molecule has 2 rings (SSSR count). The van der Waals surface area contributed by atoms with Gasteiger partial charge in [-0.15, -0.1) is 16.7 Å². The molecule has 2 amide bonds. The zero-order valence-corrected chi connectivity index (χ0v) is 24.0. The number of alkyl halides is 1. The maximum Gasteiger partial charge on any atom is 0.419 e. The van der Waals surface area contributed by atoms with Gasteiger partial charge in [0.1, 0.15) is 11.6 Å². The van der Waals surface area contributed by atoms with Crippen molar-refractivity contribution < 1.29 is 33.4 Å². The minimum atomic E-state index is -2.76. The van der Waals surface area contributed by atoms with Gasteiger partial charge in [-0.05, 0) is 57.2 Å². The fourth-order valence-corrected chi connectivity index (χ4v) is 3.80. The van der Waals surface area contributed by atoms with Crippen LogP contribution in [0, 0.1) is 0 Å². The van der Waals surface area contributed by atoms with Gasteiger partial charge in [0.2, 0.25) is 5.91 Å². The van der Waals surface area contributed by atoms with E-state index in [9.17, 15) is 19.2 Å². The first-order valence-electron chi connectivity index (χ1n) is 11.4. The summed E-state index contributed by atoms with van der Waals surface area (Å²) in [5.74, 6) is -4.12. The van der Waals surface area contributed by atoms with E-state index in [1.165, 1.54) is 50.2 Å². The number of hydrogen-bond acceptors (Lipinski definition) is 9. The molecule has 0 radical (unpaired) electrons. The molecular weight excluding hydrogens is 598 g/mol. The number of nitrogens with one attached hydrogen (secondary N) is 1. The monoisotopic (exact) mass is 620 g/mol. The van der Waals surface area contributed by atoms with Gasteiger partial charge >= 0.3 is 23.7 Å². The van der Waals surface area contributed by atoms with Crippen molar-refractivity contribution in [3.63, 3.8) is 0 Å². The Hall–Kier alpha value is -3.12. The van der Waals surface area contributed by atoms with Crippen molar-refractivity contribution in [3.05, 3.63) is 51.5 Å². The second kappa shape index (κ2) is 14.9. The van der Waals surface area contributed by atoms with E-state index in [0.717, 1.165) is 4.90 Å². The Morgan fingerprint density at radius 3 is 1.90 bits per heavy atom. The van der Waals surface area contributed by atoms with Crippen molar-refractivity contribution in [2.24, 2.45) is 10.2 Å². The average Bonchev–Trinajstić information content (AvgIpc) is 2.89. The van der Waals surface area contributed by atoms with Crippen LogP contribution < -0.4 is 10.2 Å². The summed E-state index contributed by atoms with van der Waals surface area (Å²) in [6, 6.07) is 8.54. The third kappa shape index (κ3) is 7.95. The highest BCUT2D eigenvalue weighted by Crippen LogP contribution is 2.40. The smallest absolute Gasteiger partial charge is 0.419 e. The van der Waals surface area contributed by atoms with E-state index < -0.39 is 35.5 Å². The Morgan fingerprint density at radius 1 is 0.846 bits per heavy atom. The van der Waals surface area contributed by atoms with Gasteiger partial charge < -0.3 is 19.5 Å². The Balaban J connectivity index is 2.81. The van der Waals surface area contributed by atoms with Crippen molar-refractivity contribution in [2.45, 2.75) is 26.4 Å². The fourth-order valence-electron chi connectivity index (χ4n) is 3.07. The highest BCUT2D eigenvalue weighted by Gasteiger charge is 2.52. The molecular formula is C24H24Cl4N4O7. The van der Waals surface area contributed by atoms with Crippen LogP contribution >= 0.6 is 46.4 Å². The lowest BCUT2D eigenvalue weighted by atomic mass is 10.1. The first kappa shape index (κ1) is 32.1. The summed E-state index contributed by atoms with van der Waals surface area (Å²) in [7, 11) is 0. The SMILES string of the molecule is CCOC(=O)N(c1ccc(Cl)cc1Cl)c1ccc(Cl)cc1/N=N/C(NC(=O)CCl)(C(=O)OCC)C(=O)OCC. The third-order valence-electron chi connectivity index (χ3n) is 4.67. The predicted molar refractivity (Wildman–Crippen MR) is 146 cm³/mol. The average molecular weight is 622 g/mol. The summed E-state index contributed by atoms with van der Waals surface area (Å²) >= 11 is 24.2. The maximum atomic E-state index is 13.1. The zero-order valence-electron chi connectivity index (χ0n) is 21.0. The third-order valence-corrected chi connectivity index (χ3v) is 5.69. The molecule has 39 heavy (non-hydrogen) atoms. The standard InChI is InChI=1S/C24H24Cl4N4O7/c1-4-37-21(34)24(22(35)38-5-2,29-20(33)13-25)31-30-17-12-15(27)8-10-19(17)32(23(36)39-6-3)18-9-7-14(26)11-16(18)28/h7-12H,4-6,13H2,1-3H3,(H,29,33)/b31-30+. The van der Waals surface area contributed by atoms with Gasteiger partial charge in [0, 0.05) is 10.0 Å². The van der Waals surface area contributed by atoms with Crippen molar-refractivity contribution in [3.8, 4) is 0 Å². The summed E-state index contributed by atoms with van der Waals surface area (Å²) in [4.78, 5) is 52.3. The predicted octanol–water partition coefficient (Wildman–Crippen LogP) is 6.20. The molecule has 0 aliphatic carbocycles. The van der Waals surface area contributed by atoms with Crippen molar-refractivity contribution in [2.75, 3.05) is 30.6 Å². The van der Waals surface area contributed by atoms with Crippen molar-refractivity contribution in [1.82, 2.24) is 5.32 Å². The molecule has 0 saturated carbocycles. The number of azo groups is 1. The number of esters is 2. The van der Waals surface area contributed by atoms with E-state index in [2.05, 4.69) is 15.5 Å². The number of ether oxygens (including phenoxy) is 3. The number of benzene rings is 2. The Labute approximate surface area is 244 Å². The van der Waals surface area contributed by atoms with Crippen LogP contribution in [0.25, 0.3) is 0 Å². The van der Waals surface area contributed by atoms with E-state index in [-0.39, 0.29) is 46.9 Å². The molecule has 0 bridgehead atoms. The summed E-state index contributed by atoms with van der Waals surface area (Å²) in [5.41, 5.74) is -2.68. The summed E-state index contributed by atoms with van der Waals surface area (Å²) in [6.45, 7) is 4.26. The molecule has 15 heteroatoms. The highest BCUT2D eigenvalue weighted by atomic mass is 35.5. The zero-order chi connectivity index (χ0) is 29.2. The van der Waals surface area contributed by atoms with Gasteiger partial charge in [-0.2, -0.15) is 5.11 Å². The fraction of sp³-hybridized carbons (Fsp3) is 0.333. The quantitative estimate of drug-likeness (QED) is 0.104. The minimum absolute atomic E-state index is 0.0181. The van der Waals surface area contributed by atoms with E-state index in [0.29, 0.717) is 5.02 Å². The van der Waals surface area contributed by atoms with Gasteiger partial charge in [0.15, 0.2) is 0 Å². The molecule has 0 spiro atoms. The summed E-state index contributed by atoms with van der Waals surface area (Å²) in [6.07, 6.45) is -0.849. The van der Waals surface area contributed by atoms with Gasteiger partial charge in [-0.25, -0.2) is 19.3 Å². The molecule has 2 aromatic rings. The first-order valence-corrected chi connectivity index (χ1v) is 13.1. The molecule has 0 atom stereocenters. The molecule has 0 aliphatic rings. The number of carbonyl (C=O) groups is 4. The van der Waals surface area contributed by atoms with Gasteiger partial charge in [-0.1, -0.05) is 34.8 Å². The lowest BCUT2D eigenvalue weighted by molar-refractivity contribution is -0.167. The van der Waals surface area contributed by atoms with Crippen LogP contribution in [0.15, 0.2) is 46.6 Å². The molecule has 0 unspecified atom stereocenters. The molecule has 11 nitrogen and oxygen atoms in total. The molecule has 210 valence electrons. The van der Waals surface area contributed by atoms with Gasteiger partial charge in [0.05, 0.1) is 36.2 Å². The minimum Gasteiger partial charge on any atom is -0.462 e. The second-order valence-electron chi connectivity index (χ2n) is 7.30. The van der Waals surface area contributed by atoms with Crippen LogP contribution in [0.3, 0.4) is 0 Å². The van der Waals surface area contributed by atoms with Crippen molar-refractivity contribution >= 4 is 87.4 Å². The van der Waals surface area contributed by atoms with Crippen LogP contribution in [0.1, 0.15) is 20.8 Å². The van der Waals surface area contributed by atoms with Gasteiger partial charge in [0.25, 0.3) is 0 Å². The van der Waals surface area contributed by atoms with Crippen LogP contribution in [0.4, 0.5) is 21.9 Å². The lowest BCUT2D eigenvalue weighted by Gasteiger charge is -2.26. The molecule has 1 N–H and O–H groups in total. The first-order chi connectivity index (χ1) is 18.5. The van der Waals surface area contributed by atoms with Crippen molar-refractivity contribution in [1.29, 1.82) is 0 Å². The van der Waals surface area contributed by atoms with E-state index in [1.807, 2.05) is 0 Å². The largest absolute Gasteiger partial charge is 0.462 e. The molecule has 2 aromatic carbocycles. The number of nitrogens with zero attached hydrogens (tertiary/aromatic N) is 3. The van der Waals surface area contributed by atoms with E-state index >= 15 is 0 Å². The van der Waals surface area contributed by atoms with E-state index in [1.54, 1.807) is 6.92 Å². The summed E-state index contributed by atoms with van der Waals surface area (Å²) in [5, 5.41) is 10.6. The topological polar surface area (TPSA) is 136 Å². The summed E-state index contributed by atoms with van der Waals surface area (Å²) < 4.78 is 15.2. The Bertz CT molecular complexity index is 1240. The number of rotatable bonds is 11. The maximum absolute atomic E-state index is 13.1. The molecule has 0 saturated heterocycles. The van der Waals surface area contributed by atoms with Crippen LogP contribution in [0.2, 0.25) is 15.1 Å². The van der Waals surface area contributed by atoms with Gasteiger partial charge in [-0.3, -0.25) is 4.79 Å². The number of carbonyl (C=O) groups excluding carboxylic acids is 4. The highest BCUT2D eigenvalue weighted by molar-refractivity contribution is 6.37. The normalized spacial score (nSPS) is 11.2. The number of anilines is 2. The Morgan fingerprint density at radius 2 is 1.38 bits per heavy atom. The molecule has 0 heterocycles. The Kier molecular flexibility index (Phi) is 12.2. The van der Waals surface area contributed by atoms with Crippen LogP contribution in [-0.4, -0.2) is 55.3 Å². The number of hydrogen-bond donors (Lipinski definition) is 1. The second-order valence-corrected chi connectivity index (χ2v) is 8.84. The van der Waals surface area contributed by atoms with Crippen LogP contribution in [-0.2, 0) is 28.6 Å².